The number of rotatable bonds is 12. The van der Waals surface area contributed by atoms with Crippen LogP contribution >= 0.6 is 0 Å². The Balaban J connectivity index is 2.48. The number of hydrogen-bond donors (Lipinski definition) is 0. The summed E-state index contributed by atoms with van der Waals surface area (Å²) in [5.41, 5.74) is 0.0679. The van der Waals surface area contributed by atoms with Crippen LogP contribution in [0, 0.1) is 11.6 Å². The van der Waals surface area contributed by atoms with Crippen molar-refractivity contribution < 1.29 is 18.3 Å². The molecule has 0 fully saturated rings. The monoisotopic (exact) mass is 340 g/mol. The van der Waals surface area contributed by atoms with Crippen molar-refractivity contribution in [2.75, 3.05) is 0 Å². The maximum absolute atomic E-state index is 13.2. The van der Waals surface area contributed by atoms with Crippen molar-refractivity contribution in [2.45, 2.75) is 84.2 Å². The molecule has 0 radical (unpaired) electrons. The van der Waals surface area contributed by atoms with Crippen LogP contribution in [0.15, 0.2) is 18.2 Å². The van der Waals surface area contributed by atoms with Crippen molar-refractivity contribution in [1.82, 2.24) is 0 Å². The van der Waals surface area contributed by atoms with Crippen molar-refractivity contribution >= 4 is 5.97 Å². The second-order valence-electron chi connectivity index (χ2n) is 6.35. The molecule has 0 aromatic heterocycles. The summed E-state index contributed by atoms with van der Waals surface area (Å²) in [5.74, 6) is -2.55. The van der Waals surface area contributed by atoms with Gasteiger partial charge in [0.25, 0.3) is 0 Å². The van der Waals surface area contributed by atoms with Crippen molar-refractivity contribution in [2.24, 2.45) is 0 Å². The van der Waals surface area contributed by atoms with E-state index in [2.05, 4.69) is 13.8 Å². The molecule has 1 atom stereocenters. The minimum Gasteiger partial charge on any atom is -0.459 e. The van der Waals surface area contributed by atoms with Gasteiger partial charge in [-0.05, 0) is 37.5 Å². The number of ether oxygens (including phenoxy) is 1. The largest absolute Gasteiger partial charge is 0.459 e. The van der Waals surface area contributed by atoms with Crippen LogP contribution < -0.4 is 0 Å². The van der Waals surface area contributed by atoms with Gasteiger partial charge < -0.3 is 4.74 Å². The Kier molecular flexibility index (Phi) is 10.3. The van der Waals surface area contributed by atoms with Crippen LogP contribution in [0.1, 0.15) is 88.4 Å². The third-order valence-corrected chi connectivity index (χ3v) is 4.19. The molecule has 0 aliphatic carbocycles. The first kappa shape index (κ1) is 20.6. The summed E-state index contributed by atoms with van der Waals surface area (Å²) in [6, 6.07) is 3.13. The molecule has 1 rings (SSSR count). The van der Waals surface area contributed by atoms with E-state index in [-0.39, 0.29) is 11.7 Å². The van der Waals surface area contributed by atoms with E-state index in [1.165, 1.54) is 31.7 Å². The molecule has 4 heteroatoms. The van der Waals surface area contributed by atoms with Crippen LogP contribution in [0.4, 0.5) is 8.78 Å². The minimum atomic E-state index is -1.02. The summed E-state index contributed by atoms with van der Waals surface area (Å²) < 4.78 is 31.7. The SMILES string of the molecule is CCCCCCCCC(CCCC)OC(=O)c1ccc(F)c(F)c1. The van der Waals surface area contributed by atoms with Gasteiger partial charge in [0, 0.05) is 0 Å². The summed E-state index contributed by atoms with van der Waals surface area (Å²) in [6.45, 7) is 4.29. The molecule has 1 aromatic carbocycles. The van der Waals surface area contributed by atoms with E-state index in [9.17, 15) is 13.6 Å². The van der Waals surface area contributed by atoms with E-state index >= 15 is 0 Å². The van der Waals surface area contributed by atoms with Crippen LogP contribution in [0.25, 0.3) is 0 Å². The van der Waals surface area contributed by atoms with Gasteiger partial charge in [0.15, 0.2) is 11.6 Å². The average Bonchev–Trinajstić information content (AvgIpc) is 2.57. The molecule has 1 aromatic rings. The summed E-state index contributed by atoms with van der Waals surface area (Å²) >= 11 is 0. The van der Waals surface area contributed by atoms with E-state index < -0.39 is 17.6 Å². The maximum atomic E-state index is 13.2. The summed E-state index contributed by atoms with van der Waals surface area (Å²) in [4.78, 5) is 12.1. The number of benzene rings is 1. The van der Waals surface area contributed by atoms with Crippen molar-refractivity contribution in [3.63, 3.8) is 0 Å². The van der Waals surface area contributed by atoms with Gasteiger partial charge in [0.2, 0.25) is 0 Å². The number of hydrogen-bond acceptors (Lipinski definition) is 2. The molecule has 0 amide bonds. The van der Waals surface area contributed by atoms with Crippen LogP contribution in [-0.4, -0.2) is 12.1 Å². The third kappa shape index (κ3) is 7.89. The Bertz CT molecular complexity index is 489. The van der Waals surface area contributed by atoms with Gasteiger partial charge in [-0.2, -0.15) is 0 Å². The zero-order valence-electron chi connectivity index (χ0n) is 15.0. The first-order chi connectivity index (χ1) is 11.6. The molecular weight excluding hydrogens is 310 g/mol. The van der Waals surface area contributed by atoms with Gasteiger partial charge >= 0.3 is 5.97 Å². The molecule has 2 nitrogen and oxygen atoms in total. The molecule has 136 valence electrons. The number of halogens is 2. The number of esters is 1. The summed E-state index contributed by atoms with van der Waals surface area (Å²) in [7, 11) is 0. The molecule has 0 aliphatic heterocycles. The normalized spacial score (nSPS) is 12.2. The van der Waals surface area contributed by atoms with E-state index in [1.807, 2.05) is 0 Å². The highest BCUT2D eigenvalue weighted by Gasteiger charge is 2.17. The van der Waals surface area contributed by atoms with Gasteiger partial charge in [0.1, 0.15) is 6.10 Å². The van der Waals surface area contributed by atoms with Crippen LogP contribution in [0.3, 0.4) is 0 Å². The topological polar surface area (TPSA) is 26.3 Å². The minimum absolute atomic E-state index is 0.0679. The lowest BCUT2D eigenvalue weighted by atomic mass is 10.0. The first-order valence-electron chi connectivity index (χ1n) is 9.24. The lowest BCUT2D eigenvalue weighted by Crippen LogP contribution is -2.18. The van der Waals surface area contributed by atoms with Crippen LogP contribution in [-0.2, 0) is 4.74 Å². The average molecular weight is 340 g/mol. The molecular formula is C20H30F2O2. The second-order valence-corrected chi connectivity index (χ2v) is 6.35. The van der Waals surface area contributed by atoms with Crippen LogP contribution in [0.5, 0.6) is 0 Å². The Hall–Kier alpha value is -1.45. The molecule has 0 saturated heterocycles. The van der Waals surface area contributed by atoms with Crippen LogP contribution in [0.2, 0.25) is 0 Å². The predicted octanol–water partition coefficient (Wildman–Crippen LogP) is 6.43. The van der Waals surface area contributed by atoms with Crippen molar-refractivity contribution in [3.8, 4) is 0 Å². The highest BCUT2D eigenvalue weighted by molar-refractivity contribution is 5.89. The zero-order valence-corrected chi connectivity index (χ0v) is 15.0. The van der Waals surface area contributed by atoms with E-state index in [1.54, 1.807) is 0 Å². The lowest BCUT2D eigenvalue weighted by molar-refractivity contribution is 0.0249. The summed E-state index contributed by atoms with van der Waals surface area (Å²) in [5, 5.41) is 0. The Morgan fingerprint density at radius 1 is 0.917 bits per heavy atom. The van der Waals surface area contributed by atoms with E-state index in [4.69, 9.17) is 4.74 Å². The zero-order chi connectivity index (χ0) is 17.8. The van der Waals surface area contributed by atoms with Gasteiger partial charge in [-0.15, -0.1) is 0 Å². The van der Waals surface area contributed by atoms with E-state index in [0.717, 1.165) is 50.7 Å². The molecule has 0 N–H and O–H groups in total. The second kappa shape index (κ2) is 12.0. The fraction of sp³-hybridized carbons (Fsp3) is 0.650. The standard InChI is InChI=1S/C20H30F2O2/c1-3-5-7-8-9-10-12-17(11-6-4-2)24-20(23)16-13-14-18(21)19(22)15-16/h13-15,17H,3-12H2,1-2H3. The molecule has 0 saturated carbocycles. The van der Waals surface area contributed by atoms with Gasteiger partial charge in [-0.1, -0.05) is 58.8 Å². The quantitative estimate of drug-likeness (QED) is 0.324. The molecule has 0 spiro atoms. The molecule has 0 aliphatic rings. The highest BCUT2D eigenvalue weighted by Crippen LogP contribution is 2.18. The van der Waals surface area contributed by atoms with Crippen molar-refractivity contribution in [3.05, 3.63) is 35.4 Å². The van der Waals surface area contributed by atoms with Gasteiger partial charge in [0.05, 0.1) is 5.56 Å². The fourth-order valence-electron chi connectivity index (χ4n) is 2.69. The molecule has 0 bridgehead atoms. The highest BCUT2D eigenvalue weighted by atomic mass is 19.2. The lowest BCUT2D eigenvalue weighted by Gasteiger charge is -2.18. The first-order valence-corrected chi connectivity index (χ1v) is 9.24. The fourth-order valence-corrected chi connectivity index (χ4v) is 2.69. The van der Waals surface area contributed by atoms with Gasteiger partial charge in [-0.25, -0.2) is 13.6 Å². The predicted molar refractivity (Wildman–Crippen MR) is 93.1 cm³/mol. The van der Waals surface area contributed by atoms with Crippen molar-refractivity contribution in [1.29, 1.82) is 0 Å². The molecule has 0 heterocycles. The smallest absolute Gasteiger partial charge is 0.338 e. The summed E-state index contributed by atoms with van der Waals surface area (Å²) in [6.07, 6.45) is 10.7. The Morgan fingerprint density at radius 3 is 2.21 bits per heavy atom. The Morgan fingerprint density at radius 2 is 1.54 bits per heavy atom. The maximum Gasteiger partial charge on any atom is 0.338 e. The van der Waals surface area contributed by atoms with E-state index in [0.29, 0.717) is 0 Å². The molecule has 1 unspecified atom stereocenters. The molecule has 24 heavy (non-hydrogen) atoms. The Labute approximate surface area is 144 Å². The number of unbranched alkanes of at least 4 members (excludes halogenated alkanes) is 6. The third-order valence-electron chi connectivity index (χ3n) is 4.19. The van der Waals surface area contributed by atoms with Gasteiger partial charge in [-0.3, -0.25) is 0 Å². The number of carbonyl (C=O) groups excluding carboxylic acids is 1. The number of carbonyl (C=O) groups is 1.